The van der Waals surface area contributed by atoms with Crippen LogP contribution in [0.1, 0.15) is 63.0 Å². The fraction of sp³-hybridized carbons (Fsp3) is 0.471. The molecule has 0 fully saturated rings. The molecule has 0 aliphatic heterocycles. The van der Waals surface area contributed by atoms with E-state index < -0.39 is 0 Å². The molecule has 0 unspecified atom stereocenters. The Bertz CT molecular complexity index is 486. The molecule has 2 nitrogen and oxygen atoms in total. The summed E-state index contributed by atoms with van der Waals surface area (Å²) in [7, 11) is 0. The molecule has 2 N–H and O–H groups in total. The molecular formula is C17H22N2. The molecule has 0 aliphatic rings. The minimum absolute atomic E-state index is 0.609. The second-order valence-corrected chi connectivity index (χ2v) is 4.73. The molecule has 2 heteroatoms. The highest BCUT2D eigenvalue weighted by atomic mass is 14.5. The maximum absolute atomic E-state index is 8.83. The molecule has 0 atom stereocenters. The smallest absolute Gasteiger partial charge is 0.0992 e. The van der Waals surface area contributed by atoms with Crippen molar-refractivity contribution in [2.24, 2.45) is 0 Å². The van der Waals surface area contributed by atoms with Crippen LogP contribution < -0.4 is 5.73 Å². The number of unbranched alkanes of at least 4 members (excludes halogenated alkanes) is 6. The summed E-state index contributed by atoms with van der Waals surface area (Å²) in [5.41, 5.74) is 7.85. The van der Waals surface area contributed by atoms with Crippen LogP contribution in [0, 0.1) is 23.2 Å². The second-order valence-electron chi connectivity index (χ2n) is 4.73. The second kappa shape index (κ2) is 9.06. The van der Waals surface area contributed by atoms with Crippen molar-refractivity contribution < 1.29 is 0 Å². The van der Waals surface area contributed by atoms with Gasteiger partial charge < -0.3 is 5.73 Å². The quantitative estimate of drug-likeness (QED) is 0.469. The predicted molar refractivity (Wildman–Crippen MR) is 80.4 cm³/mol. The number of rotatable bonds is 6. The van der Waals surface area contributed by atoms with Gasteiger partial charge >= 0.3 is 0 Å². The lowest BCUT2D eigenvalue weighted by atomic mass is 10.1. The van der Waals surface area contributed by atoms with Crippen molar-refractivity contribution in [3.8, 4) is 17.9 Å². The number of nitrogens with two attached hydrogens (primary N) is 1. The van der Waals surface area contributed by atoms with E-state index >= 15 is 0 Å². The first-order valence-electron chi connectivity index (χ1n) is 7.06. The highest BCUT2D eigenvalue weighted by Gasteiger charge is 1.97. The first kappa shape index (κ1) is 15.1. The zero-order valence-electron chi connectivity index (χ0n) is 11.7. The van der Waals surface area contributed by atoms with Crippen LogP contribution >= 0.6 is 0 Å². The molecule has 0 spiro atoms. The van der Waals surface area contributed by atoms with Gasteiger partial charge in [0.05, 0.1) is 11.6 Å². The number of anilines is 1. The number of nitrogens with zero attached hydrogens (tertiary/aromatic N) is 1. The lowest BCUT2D eigenvalue weighted by Gasteiger charge is -1.98. The molecule has 0 amide bonds. The summed E-state index contributed by atoms with van der Waals surface area (Å²) < 4.78 is 0. The van der Waals surface area contributed by atoms with E-state index in [0.717, 1.165) is 18.4 Å². The van der Waals surface area contributed by atoms with E-state index in [4.69, 9.17) is 11.0 Å². The van der Waals surface area contributed by atoms with Gasteiger partial charge in [-0.25, -0.2) is 0 Å². The van der Waals surface area contributed by atoms with Crippen LogP contribution in [-0.4, -0.2) is 0 Å². The van der Waals surface area contributed by atoms with Gasteiger partial charge in [-0.05, 0) is 24.6 Å². The first-order valence-corrected chi connectivity index (χ1v) is 7.06. The van der Waals surface area contributed by atoms with Crippen LogP contribution in [0.15, 0.2) is 18.2 Å². The van der Waals surface area contributed by atoms with Crippen molar-refractivity contribution in [2.75, 3.05) is 5.73 Å². The molecule has 100 valence electrons. The van der Waals surface area contributed by atoms with Gasteiger partial charge in [0.1, 0.15) is 0 Å². The molecule has 0 aliphatic carbocycles. The minimum atomic E-state index is 0.609. The molecule has 0 aromatic heterocycles. The van der Waals surface area contributed by atoms with Gasteiger partial charge in [0.25, 0.3) is 0 Å². The largest absolute Gasteiger partial charge is 0.398 e. The molecule has 0 saturated heterocycles. The predicted octanol–water partition coefficient (Wildman–Crippen LogP) is 4.24. The molecule has 0 saturated carbocycles. The molecular weight excluding hydrogens is 232 g/mol. The number of nitriles is 1. The number of benzene rings is 1. The summed E-state index contributed by atoms with van der Waals surface area (Å²) in [5, 5.41) is 8.83. The van der Waals surface area contributed by atoms with E-state index in [-0.39, 0.29) is 0 Å². The summed E-state index contributed by atoms with van der Waals surface area (Å²) >= 11 is 0. The Labute approximate surface area is 116 Å². The van der Waals surface area contributed by atoms with Crippen LogP contribution in [0.5, 0.6) is 0 Å². The third-order valence-electron chi connectivity index (χ3n) is 3.06. The first-order chi connectivity index (χ1) is 9.27. The summed E-state index contributed by atoms with van der Waals surface area (Å²) in [6.45, 7) is 2.23. The Balaban J connectivity index is 2.36. The Morgan fingerprint density at radius 1 is 1.11 bits per heavy atom. The number of hydrogen-bond donors (Lipinski definition) is 1. The lowest BCUT2D eigenvalue weighted by molar-refractivity contribution is 0.614. The van der Waals surface area contributed by atoms with Crippen molar-refractivity contribution in [1.82, 2.24) is 0 Å². The Kier molecular flexibility index (Phi) is 7.21. The molecule has 0 bridgehead atoms. The fourth-order valence-corrected chi connectivity index (χ4v) is 1.89. The Morgan fingerprint density at radius 2 is 1.84 bits per heavy atom. The van der Waals surface area contributed by atoms with Crippen molar-refractivity contribution in [2.45, 2.75) is 51.9 Å². The van der Waals surface area contributed by atoms with Crippen LogP contribution in [0.4, 0.5) is 5.69 Å². The third-order valence-corrected chi connectivity index (χ3v) is 3.06. The van der Waals surface area contributed by atoms with E-state index in [1.54, 1.807) is 18.2 Å². The highest BCUT2D eigenvalue weighted by molar-refractivity contribution is 5.58. The van der Waals surface area contributed by atoms with Gasteiger partial charge in [0.2, 0.25) is 0 Å². The minimum Gasteiger partial charge on any atom is -0.398 e. The normalized spacial score (nSPS) is 9.47. The Hall–Kier alpha value is -1.93. The summed E-state index contributed by atoms with van der Waals surface area (Å²) in [6, 6.07) is 7.31. The van der Waals surface area contributed by atoms with E-state index in [1.807, 2.05) is 0 Å². The zero-order valence-corrected chi connectivity index (χ0v) is 11.7. The average molecular weight is 254 g/mol. The van der Waals surface area contributed by atoms with Gasteiger partial charge in [-0.2, -0.15) is 5.26 Å². The molecule has 1 rings (SSSR count). The van der Waals surface area contributed by atoms with E-state index in [9.17, 15) is 0 Å². The summed E-state index contributed by atoms with van der Waals surface area (Å²) in [6.07, 6.45) is 8.57. The van der Waals surface area contributed by atoms with Gasteiger partial charge in [-0.1, -0.05) is 50.9 Å². The molecule has 0 heterocycles. The summed E-state index contributed by atoms with van der Waals surface area (Å²) in [4.78, 5) is 0. The molecule has 0 radical (unpaired) electrons. The maximum Gasteiger partial charge on any atom is 0.0992 e. The standard InChI is InChI=1S/C17H22N2/c1-2-3-4-5-6-7-8-9-10-16-13-15(14-18)11-12-17(16)19/h11-13H,2-8,19H2,1H3. The SMILES string of the molecule is CCCCCCCCC#Cc1cc(C#N)ccc1N. The van der Waals surface area contributed by atoms with E-state index in [0.29, 0.717) is 11.3 Å². The monoisotopic (exact) mass is 254 g/mol. The third kappa shape index (κ3) is 5.98. The molecule has 19 heavy (non-hydrogen) atoms. The van der Waals surface area contributed by atoms with Crippen LogP contribution in [-0.2, 0) is 0 Å². The van der Waals surface area contributed by atoms with Crippen molar-refractivity contribution in [3.63, 3.8) is 0 Å². The van der Waals surface area contributed by atoms with Gasteiger partial charge in [-0.15, -0.1) is 0 Å². The molecule has 1 aromatic rings. The Morgan fingerprint density at radius 3 is 2.58 bits per heavy atom. The van der Waals surface area contributed by atoms with Crippen LogP contribution in [0.3, 0.4) is 0 Å². The highest BCUT2D eigenvalue weighted by Crippen LogP contribution is 2.12. The molecule has 1 aromatic carbocycles. The lowest BCUT2D eigenvalue weighted by Crippen LogP contribution is -1.90. The van der Waals surface area contributed by atoms with Crippen molar-refractivity contribution >= 4 is 5.69 Å². The van der Waals surface area contributed by atoms with Gasteiger partial charge in [-0.3, -0.25) is 0 Å². The summed E-state index contributed by atoms with van der Waals surface area (Å²) in [5.74, 6) is 6.21. The van der Waals surface area contributed by atoms with Gasteiger partial charge in [0.15, 0.2) is 0 Å². The van der Waals surface area contributed by atoms with Gasteiger partial charge in [0, 0.05) is 17.7 Å². The van der Waals surface area contributed by atoms with E-state index in [1.165, 1.54) is 32.1 Å². The fourth-order valence-electron chi connectivity index (χ4n) is 1.89. The number of nitrogen functional groups attached to an aromatic ring is 1. The zero-order chi connectivity index (χ0) is 13.9. The van der Waals surface area contributed by atoms with E-state index in [2.05, 4.69) is 24.8 Å². The van der Waals surface area contributed by atoms with Crippen molar-refractivity contribution in [1.29, 1.82) is 5.26 Å². The van der Waals surface area contributed by atoms with Crippen LogP contribution in [0.2, 0.25) is 0 Å². The average Bonchev–Trinajstić information content (AvgIpc) is 2.43. The number of hydrogen-bond acceptors (Lipinski definition) is 2. The van der Waals surface area contributed by atoms with Crippen LogP contribution in [0.25, 0.3) is 0 Å². The maximum atomic E-state index is 8.83. The topological polar surface area (TPSA) is 49.8 Å². The van der Waals surface area contributed by atoms with Crippen molar-refractivity contribution in [3.05, 3.63) is 29.3 Å².